The number of nitrogens with zero attached hydrogens (tertiary/aromatic N) is 4. The van der Waals surface area contributed by atoms with Crippen LogP contribution in [0.25, 0.3) is 22.2 Å². The Morgan fingerprint density at radius 3 is 2.78 bits per heavy atom. The Hall–Kier alpha value is -2.44. The van der Waals surface area contributed by atoms with Crippen molar-refractivity contribution < 1.29 is 5.11 Å². The summed E-state index contributed by atoms with van der Waals surface area (Å²) in [4.78, 5) is 11.3. The summed E-state index contributed by atoms with van der Waals surface area (Å²) in [6.07, 6.45) is 7.47. The number of fused-ring (bicyclic) bond motifs is 1. The number of nitrogens with two attached hydrogens (primary N) is 1. The van der Waals surface area contributed by atoms with E-state index in [1.165, 1.54) is 38.9 Å². The minimum absolute atomic E-state index is 0.0271. The average Bonchev–Trinajstić information content (AvgIpc) is 3.00. The van der Waals surface area contributed by atoms with Crippen molar-refractivity contribution in [3.05, 3.63) is 42.4 Å². The summed E-state index contributed by atoms with van der Waals surface area (Å²) in [5, 5.41) is 10.4. The van der Waals surface area contributed by atoms with Crippen molar-refractivity contribution in [3.63, 3.8) is 0 Å². The molecule has 6 nitrogen and oxygen atoms in total. The highest BCUT2D eigenvalue weighted by atomic mass is 16.3. The number of rotatable bonds is 5. The Labute approximate surface area is 158 Å². The van der Waals surface area contributed by atoms with Crippen LogP contribution in [0.4, 0.5) is 5.82 Å². The van der Waals surface area contributed by atoms with E-state index in [1.807, 2.05) is 18.2 Å². The van der Waals surface area contributed by atoms with E-state index >= 15 is 0 Å². The minimum atomic E-state index is 0.0271. The Balaban J connectivity index is 1.49. The number of anilines is 1. The highest BCUT2D eigenvalue weighted by Crippen LogP contribution is 2.43. The molecule has 0 radical (unpaired) electrons. The van der Waals surface area contributed by atoms with Gasteiger partial charge in [-0.15, -0.1) is 0 Å². The molecule has 140 valence electrons. The number of benzene rings is 1. The lowest BCUT2D eigenvalue weighted by atomic mass is 9.79. The van der Waals surface area contributed by atoms with E-state index in [1.54, 1.807) is 6.33 Å². The largest absolute Gasteiger partial charge is 0.392 e. The average molecular weight is 363 g/mol. The molecule has 0 amide bonds. The first-order chi connectivity index (χ1) is 13.2. The Kier molecular flexibility index (Phi) is 4.10. The van der Waals surface area contributed by atoms with E-state index in [9.17, 15) is 5.11 Å². The summed E-state index contributed by atoms with van der Waals surface area (Å²) < 4.78 is 2.29. The van der Waals surface area contributed by atoms with Gasteiger partial charge in [0.25, 0.3) is 0 Å². The molecule has 3 N–H and O–H groups in total. The van der Waals surface area contributed by atoms with Crippen molar-refractivity contribution in [1.82, 2.24) is 19.4 Å². The number of aromatic nitrogens is 3. The summed E-state index contributed by atoms with van der Waals surface area (Å²) in [7, 11) is 0. The molecule has 1 saturated carbocycles. The molecule has 0 spiro atoms. The molecule has 3 heterocycles. The second kappa shape index (κ2) is 6.62. The zero-order chi connectivity index (χ0) is 18.4. The zero-order valence-electron chi connectivity index (χ0n) is 15.4. The third-order valence-corrected chi connectivity index (χ3v) is 6.13. The van der Waals surface area contributed by atoms with Gasteiger partial charge in [0.05, 0.1) is 12.0 Å². The maximum Gasteiger partial charge on any atom is 0.146 e. The van der Waals surface area contributed by atoms with Crippen LogP contribution in [-0.4, -0.2) is 44.2 Å². The number of aliphatic hydroxyl groups excluding tert-OH is 1. The quantitative estimate of drug-likeness (QED) is 0.729. The summed E-state index contributed by atoms with van der Waals surface area (Å²) in [6, 6.07) is 8.44. The fraction of sp³-hybridized carbons (Fsp3) is 0.429. The molecule has 0 bridgehead atoms. The SMILES string of the molecule is Nc1ncnc2c1c(-c1cccc(CO)c1)cn2C1CC(CN2CCC2)C1. The Bertz CT molecular complexity index is 972. The highest BCUT2D eigenvalue weighted by molar-refractivity contribution is 6.00. The van der Waals surface area contributed by atoms with Gasteiger partial charge in [0.15, 0.2) is 0 Å². The van der Waals surface area contributed by atoms with Crippen molar-refractivity contribution in [1.29, 1.82) is 0 Å². The Morgan fingerprint density at radius 1 is 1.19 bits per heavy atom. The number of hydrogen-bond donors (Lipinski definition) is 2. The summed E-state index contributed by atoms with van der Waals surface area (Å²) >= 11 is 0. The standard InChI is InChI=1S/C21H25N5O/c22-20-19-18(16-4-1-3-14(7-16)12-27)11-26(21(19)24-13-23-20)17-8-15(9-17)10-25-5-2-6-25/h1,3-4,7,11,13,15,17,27H,2,5-6,8-10,12H2,(H2,22,23,24). The van der Waals surface area contributed by atoms with Gasteiger partial charge in [-0.05, 0) is 55.5 Å². The lowest BCUT2D eigenvalue weighted by Gasteiger charge is -2.42. The monoisotopic (exact) mass is 363 g/mol. The lowest BCUT2D eigenvalue weighted by Crippen LogP contribution is -2.43. The molecule has 5 rings (SSSR count). The van der Waals surface area contributed by atoms with Gasteiger partial charge < -0.3 is 20.3 Å². The predicted octanol–water partition coefficient (Wildman–Crippen LogP) is 2.83. The molecule has 2 aromatic heterocycles. The molecule has 0 atom stereocenters. The smallest absolute Gasteiger partial charge is 0.146 e. The fourth-order valence-electron chi connectivity index (χ4n) is 4.45. The minimum Gasteiger partial charge on any atom is -0.392 e. The van der Waals surface area contributed by atoms with Crippen molar-refractivity contribution in [2.45, 2.75) is 31.9 Å². The van der Waals surface area contributed by atoms with Gasteiger partial charge >= 0.3 is 0 Å². The number of aliphatic hydroxyl groups is 1. The first-order valence-corrected chi connectivity index (χ1v) is 9.76. The molecular formula is C21H25N5O. The topological polar surface area (TPSA) is 80.2 Å². The van der Waals surface area contributed by atoms with E-state index in [0.29, 0.717) is 11.9 Å². The molecule has 1 aliphatic carbocycles. The maximum absolute atomic E-state index is 9.49. The van der Waals surface area contributed by atoms with Crippen LogP contribution in [0.1, 0.15) is 30.9 Å². The van der Waals surface area contributed by atoms with Crippen LogP contribution in [-0.2, 0) is 6.61 Å². The van der Waals surface area contributed by atoms with Crippen molar-refractivity contribution in [3.8, 4) is 11.1 Å². The van der Waals surface area contributed by atoms with E-state index in [0.717, 1.165) is 33.6 Å². The maximum atomic E-state index is 9.49. The molecule has 6 heteroatoms. The van der Waals surface area contributed by atoms with Crippen LogP contribution < -0.4 is 5.73 Å². The third-order valence-electron chi connectivity index (χ3n) is 6.13. The van der Waals surface area contributed by atoms with E-state index in [4.69, 9.17) is 5.73 Å². The van der Waals surface area contributed by atoms with Gasteiger partial charge in [-0.1, -0.05) is 18.2 Å². The van der Waals surface area contributed by atoms with Crippen molar-refractivity contribution >= 4 is 16.9 Å². The molecule has 3 aromatic rings. The van der Waals surface area contributed by atoms with Crippen LogP contribution in [0.15, 0.2) is 36.8 Å². The van der Waals surface area contributed by atoms with Gasteiger partial charge in [-0.2, -0.15) is 0 Å². The van der Waals surface area contributed by atoms with Crippen molar-refractivity contribution in [2.75, 3.05) is 25.4 Å². The molecule has 1 aromatic carbocycles. The van der Waals surface area contributed by atoms with E-state index in [-0.39, 0.29) is 6.61 Å². The van der Waals surface area contributed by atoms with Gasteiger partial charge in [-0.3, -0.25) is 0 Å². The van der Waals surface area contributed by atoms with Crippen LogP contribution >= 0.6 is 0 Å². The molecular weight excluding hydrogens is 338 g/mol. The van der Waals surface area contributed by atoms with Gasteiger partial charge in [0, 0.05) is 24.3 Å². The highest BCUT2D eigenvalue weighted by Gasteiger charge is 2.34. The molecule has 1 saturated heterocycles. The summed E-state index contributed by atoms with van der Waals surface area (Å²) in [5.41, 5.74) is 10.1. The lowest BCUT2D eigenvalue weighted by molar-refractivity contribution is 0.0921. The fourth-order valence-corrected chi connectivity index (χ4v) is 4.45. The number of likely N-dealkylation sites (tertiary alicyclic amines) is 1. The molecule has 27 heavy (non-hydrogen) atoms. The van der Waals surface area contributed by atoms with E-state index < -0.39 is 0 Å². The number of nitrogen functional groups attached to an aromatic ring is 1. The van der Waals surface area contributed by atoms with Gasteiger partial charge in [0.2, 0.25) is 0 Å². The van der Waals surface area contributed by atoms with Gasteiger partial charge in [0.1, 0.15) is 17.8 Å². The molecule has 2 fully saturated rings. The Morgan fingerprint density at radius 2 is 2.04 bits per heavy atom. The van der Waals surface area contributed by atoms with Crippen LogP contribution in [0.3, 0.4) is 0 Å². The molecule has 2 aliphatic rings. The normalized spacial score (nSPS) is 22.6. The third kappa shape index (κ3) is 2.89. The van der Waals surface area contributed by atoms with Crippen molar-refractivity contribution in [2.24, 2.45) is 5.92 Å². The van der Waals surface area contributed by atoms with Crippen LogP contribution in [0.5, 0.6) is 0 Å². The molecule has 0 unspecified atom stereocenters. The van der Waals surface area contributed by atoms with E-state index in [2.05, 4.69) is 31.7 Å². The second-order valence-corrected chi connectivity index (χ2v) is 7.91. The van der Waals surface area contributed by atoms with Crippen LogP contribution in [0.2, 0.25) is 0 Å². The molecule has 1 aliphatic heterocycles. The first kappa shape index (κ1) is 16.7. The first-order valence-electron chi connectivity index (χ1n) is 9.76. The second-order valence-electron chi connectivity index (χ2n) is 7.91. The zero-order valence-corrected chi connectivity index (χ0v) is 15.4. The predicted molar refractivity (Wildman–Crippen MR) is 106 cm³/mol. The number of hydrogen-bond acceptors (Lipinski definition) is 5. The summed E-state index contributed by atoms with van der Waals surface area (Å²) in [6.45, 7) is 3.79. The van der Waals surface area contributed by atoms with Gasteiger partial charge in [-0.25, -0.2) is 9.97 Å². The summed E-state index contributed by atoms with van der Waals surface area (Å²) in [5.74, 6) is 1.30. The van der Waals surface area contributed by atoms with Crippen LogP contribution in [0, 0.1) is 5.92 Å².